The average molecular weight is 1290 g/mol. The number of nitrogens with zero attached hydrogens (tertiary/aromatic N) is 5. The molecule has 16 nitrogen and oxygen atoms in total. The van der Waals surface area contributed by atoms with Gasteiger partial charge in [-0.05, 0) is 126 Å². The molecule has 0 aromatic heterocycles. The summed E-state index contributed by atoms with van der Waals surface area (Å²) in [4.78, 5) is 64.7. The summed E-state index contributed by atoms with van der Waals surface area (Å²) in [5.74, 6) is -0.362. The molecule has 2 N–H and O–H groups in total. The van der Waals surface area contributed by atoms with E-state index in [4.69, 9.17) is 34.2 Å². The summed E-state index contributed by atoms with van der Waals surface area (Å²) >= 11 is 0. The van der Waals surface area contributed by atoms with Crippen LogP contribution in [0.4, 0.5) is 20.2 Å². The van der Waals surface area contributed by atoms with E-state index >= 15 is 8.78 Å². The van der Waals surface area contributed by atoms with Crippen molar-refractivity contribution in [3.05, 3.63) is 178 Å². The Morgan fingerprint density at radius 2 is 0.968 bits per heavy atom. The first-order valence-electron chi connectivity index (χ1n) is 33.6. The highest BCUT2D eigenvalue weighted by Gasteiger charge is 2.45. The minimum absolute atomic E-state index is 0.0540. The number of carbonyl (C=O) groups excluding carboxylic acids is 4. The summed E-state index contributed by atoms with van der Waals surface area (Å²) in [6.45, 7) is 16.5. The molecule has 2 unspecified atom stereocenters. The van der Waals surface area contributed by atoms with Crippen molar-refractivity contribution in [2.75, 3.05) is 89.7 Å². The molecule has 0 spiro atoms. The number of benzene rings is 6. The summed E-state index contributed by atoms with van der Waals surface area (Å²) in [5, 5.41) is 0. The van der Waals surface area contributed by atoms with Crippen LogP contribution in [0.15, 0.2) is 133 Å². The first kappa shape index (κ1) is 70.4. The van der Waals surface area contributed by atoms with Crippen molar-refractivity contribution in [3.63, 3.8) is 0 Å². The standard InChI is InChI=1S/C45H54FN3O5.C31H42FN3O5/c1-5-48(40-23-13-12-22-37(40)35-20-14-21-36(28-35)53-27-15-26-52-4)43(50)38-29-41-42(30-39(38)46)54-45(2,3)44(51)49(41)25-24-47(31-33-16-8-6-9-17-33)32-34-18-10-7-11-19-34;1-5-34(26-13-7-6-12-23(26)21-10-8-11-22(18-21)39-17-9-16-38-4)29(36)24-19-27-28(20-25(24)32)40-31(2,3)30(37)35(27)15-14-33/h6-11,14,16-21,28-30,37,40H,5,12-13,15,22-27,31-32H2,1-4H3;8,10-11,18-20,23,26H,5-7,9,12-17,33H2,1-4H3/t37-,40?;23-,26?/m11/s1. The topological polar surface area (TPSA) is 166 Å². The third kappa shape index (κ3) is 17.1. The lowest BCUT2D eigenvalue weighted by Gasteiger charge is -2.41. The highest BCUT2D eigenvalue weighted by molar-refractivity contribution is 6.05. The highest BCUT2D eigenvalue weighted by Crippen LogP contribution is 2.44. The van der Waals surface area contributed by atoms with Gasteiger partial charge in [0, 0.05) is 129 Å². The molecule has 4 atom stereocenters. The zero-order chi connectivity index (χ0) is 66.9. The van der Waals surface area contributed by atoms with Crippen LogP contribution in [0.3, 0.4) is 0 Å². The summed E-state index contributed by atoms with van der Waals surface area (Å²) in [6.07, 6.45) is 9.16. The van der Waals surface area contributed by atoms with Gasteiger partial charge in [0.15, 0.2) is 11.2 Å². The smallest absolute Gasteiger partial charge is 0.270 e. The van der Waals surface area contributed by atoms with Crippen molar-refractivity contribution >= 4 is 35.0 Å². The number of anilines is 2. The number of carbonyl (C=O) groups is 4. The monoisotopic (exact) mass is 1290 g/mol. The van der Waals surface area contributed by atoms with E-state index in [1.807, 2.05) is 79.4 Å². The van der Waals surface area contributed by atoms with Crippen LogP contribution in [0.25, 0.3) is 0 Å². The van der Waals surface area contributed by atoms with Crippen LogP contribution in [0.1, 0.15) is 161 Å². The number of halogens is 2. The molecule has 18 heteroatoms. The minimum atomic E-state index is -1.21. The lowest BCUT2D eigenvalue weighted by molar-refractivity contribution is -0.133. The quantitative estimate of drug-likeness (QED) is 0.0486. The minimum Gasteiger partial charge on any atom is -0.493 e. The number of rotatable bonds is 27. The van der Waals surface area contributed by atoms with Gasteiger partial charge < -0.3 is 53.8 Å². The number of hydrogen-bond acceptors (Lipinski definition) is 12. The Kier molecular flexibility index (Phi) is 24.7. The molecular formula is C76H96F2N6O10. The summed E-state index contributed by atoms with van der Waals surface area (Å²) < 4.78 is 65.8. The number of methoxy groups -OCH3 is 2. The number of nitrogens with two attached hydrogens (primary N) is 1. The number of hydrogen-bond donors (Lipinski definition) is 1. The second-order valence-electron chi connectivity index (χ2n) is 25.8. The van der Waals surface area contributed by atoms with Crippen molar-refractivity contribution in [2.45, 2.75) is 154 Å². The molecule has 0 radical (unpaired) electrons. The van der Waals surface area contributed by atoms with Crippen LogP contribution in [-0.2, 0) is 32.2 Å². The largest absolute Gasteiger partial charge is 0.493 e. The third-order valence-corrected chi connectivity index (χ3v) is 18.4. The molecule has 6 aromatic rings. The van der Waals surface area contributed by atoms with E-state index in [0.717, 1.165) is 86.8 Å². The fraction of sp³-hybridized carbons (Fsp3) is 0.474. The summed E-state index contributed by atoms with van der Waals surface area (Å²) in [5.41, 5.74) is 8.64. The molecule has 4 aliphatic rings. The van der Waals surface area contributed by atoms with E-state index in [1.165, 1.54) is 40.3 Å². The Balaban J connectivity index is 0.000000232. The Bertz CT molecular complexity index is 3460. The second kappa shape index (κ2) is 33.0. The lowest BCUT2D eigenvalue weighted by Crippen LogP contribution is -2.54. The van der Waals surface area contributed by atoms with Gasteiger partial charge in [0.1, 0.15) is 34.6 Å². The molecule has 94 heavy (non-hydrogen) atoms. The molecule has 10 rings (SSSR count). The number of likely N-dealkylation sites (N-methyl/N-ethyl adjacent to an activating group) is 2. The van der Waals surface area contributed by atoms with E-state index < -0.39 is 28.7 Å². The van der Waals surface area contributed by atoms with Gasteiger partial charge in [-0.15, -0.1) is 0 Å². The van der Waals surface area contributed by atoms with Crippen LogP contribution in [-0.4, -0.2) is 142 Å². The second-order valence-corrected chi connectivity index (χ2v) is 25.8. The fourth-order valence-corrected chi connectivity index (χ4v) is 13.8. The number of fused-ring (bicyclic) bond motifs is 2. The average Bonchev–Trinajstić information content (AvgIpc) is 0.766. The predicted octanol–water partition coefficient (Wildman–Crippen LogP) is 13.5. The van der Waals surface area contributed by atoms with E-state index in [2.05, 4.69) is 53.4 Å². The maximum atomic E-state index is 16.1. The van der Waals surface area contributed by atoms with Crippen molar-refractivity contribution in [1.29, 1.82) is 0 Å². The molecule has 504 valence electrons. The van der Waals surface area contributed by atoms with Crippen LogP contribution in [0.5, 0.6) is 23.0 Å². The first-order valence-corrected chi connectivity index (χ1v) is 33.6. The van der Waals surface area contributed by atoms with Gasteiger partial charge in [0.2, 0.25) is 0 Å². The van der Waals surface area contributed by atoms with Crippen molar-refractivity contribution in [3.8, 4) is 23.0 Å². The van der Waals surface area contributed by atoms with Gasteiger partial charge in [-0.25, -0.2) is 8.78 Å². The molecule has 2 heterocycles. The predicted molar refractivity (Wildman–Crippen MR) is 363 cm³/mol. The van der Waals surface area contributed by atoms with Crippen LogP contribution < -0.4 is 34.5 Å². The van der Waals surface area contributed by atoms with E-state index in [0.29, 0.717) is 77.1 Å². The van der Waals surface area contributed by atoms with Gasteiger partial charge >= 0.3 is 0 Å². The number of ether oxygens (including phenoxy) is 6. The molecule has 4 amide bonds. The SMILES string of the molecule is CCN(C(=O)c1cc2c(cc1F)OC(C)(C)C(=O)N2CCN(Cc1ccccc1)Cc1ccccc1)C1CCCC[C@@H]1c1cccc(OCCCOC)c1.CCN(C(=O)c1cc2c(cc1F)OC(C)(C)C(=O)N2CCN)C1CCCC[C@@H]1c1cccc(OCCCOC)c1. The Hall–Kier alpha value is -7.90. The molecule has 6 aromatic carbocycles. The van der Waals surface area contributed by atoms with Gasteiger partial charge in [-0.1, -0.05) is 111 Å². The first-order chi connectivity index (χ1) is 45.4. The Morgan fingerprint density at radius 3 is 1.37 bits per heavy atom. The summed E-state index contributed by atoms with van der Waals surface area (Å²) in [7, 11) is 3.35. The van der Waals surface area contributed by atoms with Crippen molar-refractivity contribution in [2.24, 2.45) is 5.73 Å². The zero-order valence-corrected chi connectivity index (χ0v) is 56.2. The van der Waals surface area contributed by atoms with Gasteiger partial charge in [-0.3, -0.25) is 24.1 Å². The van der Waals surface area contributed by atoms with Gasteiger partial charge in [-0.2, -0.15) is 0 Å². The van der Waals surface area contributed by atoms with Gasteiger partial charge in [0.05, 0.1) is 35.7 Å². The number of amides is 4. The summed E-state index contributed by atoms with van der Waals surface area (Å²) in [6, 6.07) is 42.0. The zero-order valence-electron chi connectivity index (χ0n) is 56.2. The van der Waals surface area contributed by atoms with Crippen LogP contribution in [0, 0.1) is 11.6 Å². The van der Waals surface area contributed by atoms with E-state index in [1.54, 1.807) is 51.7 Å². The maximum Gasteiger partial charge on any atom is 0.270 e. The molecule has 2 aliphatic heterocycles. The molecule has 2 saturated carbocycles. The van der Waals surface area contributed by atoms with E-state index in [-0.39, 0.29) is 77.4 Å². The van der Waals surface area contributed by atoms with Crippen LogP contribution in [0.2, 0.25) is 0 Å². The van der Waals surface area contributed by atoms with Crippen molar-refractivity contribution in [1.82, 2.24) is 14.7 Å². The Morgan fingerprint density at radius 1 is 0.553 bits per heavy atom. The highest BCUT2D eigenvalue weighted by atomic mass is 19.1. The molecule has 2 fully saturated rings. The molecular weight excluding hydrogens is 1190 g/mol. The van der Waals surface area contributed by atoms with E-state index in [9.17, 15) is 19.2 Å². The normalized spacial score (nSPS) is 18.8. The lowest BCUT2D eigenvalue weighted by atomic mass is 9.79. The third-order valence-electron chi connectivity index (χ3n) is 18.4. The fourth-order valence-electron chi connectivity index (χ4n) is 13.8. The molecule has 0 saturated heterocycles. The van der Waals surface area contributed by atoms with Gasteiger partial charge in [0.25, 0.3) is 23.6 Å². The molecule has 2 aliphatic carbocycles. The Labute approximate surface area is 554 Å². The molecule has 0 bridgehead atoms. The van der Waals surface area contributed by atoms with Crippen LogP contribution >= 0.6 is 0 Å². The maximum absolute atomic E-state index is 16.1. The van der Waals surface area contributed by atoms with Crippen molar-refractivity contribution < 1.29 is 56.4 Å².